The first-order valence-corrected chi connectivity index (χ1v) is 2.37. The molecular formula is C4H9NO4. The van der Waals surface area contributed by atoms with E-state index in [0.29, 0.717) is 6.79 Å². The zero-order valence-electron chi connectivity index (χ0n) is 4.87. The molecule has 0 radical (unpaired) electrons. The fourth-order valence-corrected chi connectivity index (χ4v) is 0.295. The standard InChI is InChI=1S/C3H6O2.CH3NO2/c1-2-5-3-4-1;2-1(3)4/h1-3H2;2H2,(H,3,4). The van der Waals surface area contributed by atoms with Crippen LogP contribution in [-0.4, -0.2) is 31.2 Å². The normalized spacial score (nSPS) is 16.0. The maximum absolute atomic E-state index is 8.78. The summed E-state index contributed by atoms with van der Waals surface area (Å²) in [6, 6.07) is 0. The molecule has 0 aromatic heterocycles. The molecule has 54 valence electrons. The summed E-state index contributed by atoms with van der Waals surface area (Å²) < 4.78 is 9.44. The summed E-state index contributed by atoms with van der Waals surface area (Å²) in [7, 11) is 0. The lowest BCUT2D eigenvalue weighted by atomic mass is 10.8. The third kappa shape index (κ3) is 11.0. The summed E-state index contributed by atoms with van der Waals surface area (Å²) in [6.45, 7) is 2.06. The fourth-order valence-electron chi connectivity index (χ4n) is 0.295. The Morgan fingerprint density at radius 1 is 1.44 bits per heavy atom. The van der Waals surface area contributed by atoms with Gasteiger partial charge in [-0.1, -0.05) is 0 Å². The molecule has 0 bridgehead atoms. The van der Waals surface area contributed by atoms with Gasteiger partial charge < -0.3 is 20.3 Å². The SMILES string of the molecule is C1COCO1.NC(=O)O. The average molecular weight is 135 g/mol. The van der Waals surface area contributed by atoms with Crippen molar-refractivity contribution < 1.29 is 19.4 Å². The van der Waals surface area contributed by atoms with Gasteiger partial charge in [-0.3, -0.25) is 0 Å². The van der Waals surface area contributed by atoms with Crippen molar-refractivity contribution in [1.82, 2.24) is 0 Å². The first kappa shape index (κ1) is 8.19. The van der Waals surface area contributed by atoms with Crippen LogP contribution in [0.5, 0.6) is 0 Å². The third-order valence-corrected chi connectivity index (χ3v) is 0.539. The zero-order chi connectivity index (χ0) is 7.11. The maximum atomic E-state index is 8.78. The number of nitrogens with two attached hydrogens (primary N) is 1. The number of ether oxygens (including phenoxy) is 2. The van der Waals surface area contributed by atoms with E-state index in [1.165, 1.54) is 0 Å². The van der Waals surface area contributed by atoms with Gasteiger partial charge >= 0.3 is 6.09 Å². The zero-order valence-corrected chi connectivity index (χ0v) is 4.87. The van der Waals surface area contributed by atoms with E-state index in [9.17, 15) is 0 Å². The molecule has 3 N–H and O–H groups in total. The second kappa shape index (κ2) is 5.33. The van der Waals surface area contributed by atoms with Crippen molar-refractivity contribution in [2.75, 3.05) is 20.0 Å². The number of carbonyl (C=O) groups is 1. The first-order chi connectivity index (χ1) is 4.23. The lowest BCUT2D eigenvalue weighted by Crippen LogP contribution is -2.03. The smallest absolute Gasteiger partial charge is 0.402 e. The fraction of sp³-hybridized carbons (Fsp3) is 0.750. The van der Waals surface area contributed by atoms with E-state index >= 15 is 0 Å². The van der Waals surface area contributed by atoms with Gasteiger partial charge in [0.1, 0.15) is 6.79 Å². The van der Waals surface area contributed by atoms with Crippen molar-refractivity contribution >= 4 is 6.09 Å². The van der Waals surface area contributed by atoms with Gasteiger partial charge in [0, 0.05) is 0 Å². The Morgan fingerprint density at radius 3 is 1.89 bits per heavy atom. The van der Waals surface area contributed by atoms with Crippen LogP contribution >= 0.6 is 0 Å². The Bertz CT molecular complexity index is 69.0. The molecule has 1 heterocycles. The summed E-state index contributed by atoms with van der Waals surface area (Å²) in [5, 5.41) is 7.19. The van der Waals surface area contributed by atoms with Crippen LogP contribution in [0.2, 0.25) is 0 Å². The monoisotopic (exact) mass is 135 g/mol. The van der Waals surface area contributed by atoms with Gasteiger partial charge in [0.15, 0.2) is 0 Å². The molecule has 0 aromatic carbocycles. The third-order valence-electron chi connectivity index (χ3n) is 0.539. The van der Waals surface area contributed by atoms with Crippen LogP contribution in [0.1, 0.15) is 0 Å². The van der Waals surface area contributed by atoms with Crippen molar-refractivity contribution in [1.29, 1.82) is 0 Å². The van der Waals surface area contributed by atoms with E-state index in [-0.39, 0.29) is 0 Å². The molecule has 0 saturated carbocycles. The average Bonchev–Trinajstić information content (AvgIpc) is 2.11. The number of primary amides is 1. The van der Waals surface area contributed by atoms with E-state index in [4.69, 9.17) is 19.4 Å². The van der Waals surface area contributed by atoms with Gasteiger partial charge in [0.25, 0.3) is 0 Å². The predicted molar refractivity (Wildman–Crippen MR) is 29.0 cm³/mol. The van der Waals surface area contributed by atoms with Gasteiger partial charge in [-0.15, -0.1) is 0 Å². The minimum absolute atomic E-state index is 0.500. The minimum Gasteiger partial charge on any atom is -0.465 e. The quantitative estimate of drug-likeness (QED) is 0.474. The van der Waals surface area contributed by atoms with Crippen LogP contribution < -0.4 is 5.73 Å². The summed E-state index contributed by atoms with van der Waals surface area (Å²) in [4.78, 5) is 8.78. The Balaban J connectivity index is 0.000000148. The van der Waals surface area contributed by atoms with Gasteiger partial charge in [0.2, 0.25) is 0 Å². The van der Waals surface area contributed by atoms with Crippen molar-refractivity contribution in [2.24, 2.45) is 5.73 Å². The van der Waals surface area contributed by atoms with Crippen LogP contribution in [0.4, 0.5) is 4.79 Å². The Kier molecular flexibility index (Phi) is 4.85. The molecule has 1 rings (SSSR count). The molecule has 5 nitrogen and oxygen atoms in total. The van der Waals surface area contributed by atoms with Gasteiger partial charge in [-0.05, 0) is 0 Å². The van der Waals surface area contributed by atoms with Crippen molar-refractivity contribution in [3.8, 4) is 0 Å². The number of carboxylic acid groups (broad SMARTS) is 1. The van der Waals surface area contributed by atoms with E-state index in [2.05, 4.69) is 5.73 Å². The molecule has 5 heteroatoms. The minimum atomic E-state index is -1.33. The summed E-state index contributed by atoms with van der Waals surface area (Å²) >= 11 is 0. The van der Waals surface area contributed by atoms with Crippen LogP contribution in [0, 0.1) is 0 Å². The highest BCUT2D eigenvalue weighted by Gasteiger charge is 1.93. The molecule has 1 saturated heterocycles. The molecule has 0 unspecified atom stereocenters. The molecule has 0 aliphatic carbocycles. The number of rotatable bonds is 0. The van der Waals surface area contributed by atoms with Crippen LogP contribution in [0.3, 0.4) is 0 Å². The molecule has 0 spiro atoms. The van der Waals surface area contributed by atoms with Crippen LogP contribution in [0.15, 0.2) is 0 Å². The lowest BCUT2D eigenvalue weighted by molar-refractivity contribution is 0.0692. The summed E-state index contributed by atoms with van der Waals surface area (Å²) in [5.41, 5.74) is 4.03. The molecule has 1 amide bonds. The molecule has 1 fully saturated rings. The highest BCUT2D eigenvalue weighted by Crippen LogP contribution is 1.85. The molecule has 0 atom stereocenters. The Hall–Kier alpha value is -0.810. The second-order valence-electron chi connectivity index (χ2n) is 1.27. The molecule has 9 heavy (non-hydrogen) atoms. The van der Waals surface area contributed by atoms with Crippen molar-refractivity contribution in [2.45, 2.75) is 0 Å². The van der Waals surface area contributed by atoms with Gasteiger partial charge in [-0.25, -0.2) is 4.79 Å². The van der Waals surface area contributed by atoms with Crippen molar-refractivity contribution in [3.63, 3.8) is 0 Å². The first-order valence-electron chi connectivity index (χ1n) is 2.37. The molecule has 1 aliphatic rings. The molecular weight excluding hydrogens is 126 g/mol. The van der Waals surface area contributed by atoms with E-state index in [0.717, 1.165) is 13.2 Å². The Morgan fingerprint density at radius 2 is 1.78 bits per heavy atom. The second-order valence-corrected chi connectivity index (χ2v) is 1.27. The molecule has 1 aliphatic heterocycles. The maximum Gasteiger partial charge on any atom is 0.402 e. The van der Waals surface area contributed by atoms with Gasteiger partial charge in [0.05, 0.1) is 13.2 Å². The highest BCUT2D eigenvalue weighted by atomic mass is 16.7. The number of amides is 1. The van der Waals surface area contributed by atoms with Crippen molar-refractivity contribution in [3.05, 3.63) is 0 Å². The number of hydrogen-bond donors (Lipinski definition) is 2. The van der Waals surface area contributed by atoms with Crippen LogP contribution in [-0.2, 0) is 9.47 Å². The predicted octanol–water partition coefficient (Wildman–Crippen LogP) is -0.386. The Labute approximate surface area is 52.4 Å². The highest BCUT2D eigenvalue weighted by molar-refractivity contribution is 5.61. The van der Waals surface area contributed by atoms with E-state index in [1.54, 1.807) is 0 Å². The summed E-state index contributed by atoms with van der Waals surface area (Å²) in [6.07, 6.45) is -1.33. The topological polar surface area (TPSA) is 81.8 Å². The van der Waals surface area contributed by atoms with E-state index < -0.39 is 6.09 Å². The van der Waals surface area contributed by atoms with Crippen LogP contribution in [0.25, 0.3) is 0 Å². The lowest BCUT2D eigenvalue weighted by Gasteiger charge is -1.76. The van der Waals surface area contributed by atoms with E-state index in [1.807, 2.05) is 0 Å². The molecule has 0 aromatic rings. The number of hydrogen-bond acceptors (Lipinski definition) is 3. The summed E-state index contributed by atoms with van der Waals surface area (Å²) in [5.74, 6) is 0. The largest absolute Gasteiger partial charge is 0.465 e. The van der Waals surface area contributed by atoms with Gasteiger partial charge in [-0.2, -0.15) is 0 Å².